The summed E-state index contributed by atoms with van der Waals surface area (Å²) in [5, 5.41) is 3.94. The highest BCUT2D eigenvalue weighted by molar-refractivity contribution is 5.91. The Balaban J connectivity index is 2.15. The number of benzene rings is 1. The van der Waals surface area contributed by atoms with Crippen LogP contribution in [0.1, 0.15) is 35.7 Å². The summed E-state index contributed by atoms with van der Waals surface area (Å²) in [6.45, 7) is 4.98. The molecule has 0 N–H and O–H groups in total. The molecule has 0 aliphatic rings. The van der Waals surface area contributed by atoms with Gasteiger partial charge in [-0.25, -0.2) is 4.39 Å². The molecule has 2 aromatic rings. The number of carbonyl (C=O) groups excluding carboxylic acids is 1. The number of halogens is 1. The number of amides is 1. The Kier molecular flexibility index (Phi) is 6.49. The molecule has 0 unspecified atom stereocenters. The topological polar surface area (TPSA) is 55.6 Å². The molecule has 0 saturated heterocycles. The third kappa shape index (κ3) is 4.89. The Bertz CT molecular complexity index is 670. The number of hydrogen-bond donors (Lipinski definition) is 0. The Labute approximate surface area is 141 Å². The van der Waals surface area contributed by atoms with E-state index in [9.17, 15) is 9.18 Å². The summed E-state index contributed by atoms with van der Waals surface area (Å²) >= 11 is 0. The van der Waals surface area contributed by atoms with E-state index in [1.54, 1.807) is 31.4 Å². The fourth-order valence-electron chi connectivity index (χ4n) is 2.37. The van der Waals surface area contributed by atoms with Crippen molar-refractivity contribution in [1.29, 1.82) is 0 Å². The van der Waals surface area contributed by atoms with Crippen LogP contribution in [-0.2, 0) is 17.7 Å². The van der Waals surface area contributed by atoms with Gasteiger partial charge in [0.05, 0.1) is 12.3 Å². The van der Waals surface area contributed by atoms with Gasteiger partial charge in [-0.15, -0.1) is 0 Å². The molecule has 6 heteroatoms. The Morgan fingerprint density at radius 1 is 1.38 bits per heavy atom. The average molecular weight is 334 g/mol. The molecule has 0 saturated carbocycles. The fourth-order valence-corrected chi connectivity index (χ4v) is 2.37. The van der Waals surface area contributed by atoms with E-state index < -0.39 is 0 Å². The molecule has 1 aromatic heterocycles. The monoisotopic (exact) mass is 334 g/mol. The van der Waals surface area contributed by atoms with E-state index in [1.807, 2.05) is 0 Å². The molecular weight excluding hydrogens is 311 g/mol. The largest absolute Gasteiger partial charge is 0.383 e. The number of nitrogens with zero attached hydrogens (tertiary/aromatic N) is 2. The minimum Gasteiger partial charge on any atom is -0.383 e. The van der Waals surface area contributed by atoms with E-state index >= 15 is 0 Å². The van der Waals surface area contributed by atoms with E-state index in [1.165, 1.54) is 11.0 Å². The van der Waals surface area contributed by atoms with Gasteiger partial charge in [0.1, 0.15) is 5.82 Å². The summed E-state index contributed by atoms with van der Waals surface area (Å²) in [7, 11) is 1.56. The first-order chi connectivity index (χ1) is 11.5. The minimum absolute atomic E-state index is 0.148. The van der Waals surface area contributed by atoms with Crippen LogP contribution in [0.3, 0.4) is 0 Å². The van der Waals surface area contributed by atoms with Crippen LogP contribution in [0, 0.1) is 11.7 Å². The van der Waals surface area contributed by atoms with Crippen LogP contribution in [0.15, 0.2) is 34.9 Å². The second kappa shape index (κ2) is 8.59. The smallest absolute Gasteiger partial charge is 0.292 e. The molecule has 0 radical (unpaired) electrons. The van der Waals surface area contributed by atoms with Crippen LogP contribution in [0.4, 0.5) is 4.39 Å². The van der Waals surface area contributed by atoms with E-state index in [0.717, 1.165) is 12.1 Å². The van der Waals surface area contributed by atoms with Gasteiger partial charge in [0.15, 0.2) is 0 Å². The van der Waals surface area contributed by atoms with Gasteiger partial charge in [-0.1, -0.05) is 37.2 Å². The van der Waals surface area contributed by atoms with E-state index in [4.69, 9.17) is 9.26 Å². The third-order valence-electron chi connectivity index (χ3n) is 3.56. The maximum absolute atomic E-state index is 13.9. The summed E-state index contributed by atoms with van der Waals surface area (Å²) in [4.78, 5) is 14.2. The molecule has 0 atom stereocenters. The van der Waals surface area contributed by atoms with E-state index in [0.29, 0.717) is 24.6 Å². The summed E-state index contributed by atoms with van der Waals surface area (Å²) in [6.07, 6.45) is 0.738. The zero-order chi connectivity index (χ0) is 17.5. The molecule has 0 aliphatic carbocycles. The molecule has 5 nitrogen and oxygen atoms in total. The lowest BCUT2D eigenvalue weighted by Crippen LogP contribution is -2.33. The number of ether oxygens (including phenoxy) is 1. The summed E-state index contributed by atoms with van der Waals surface area (Å²) in [5.41, 5.74) is 1.19. The van der Waals surface area contributed by atoms with Gasteiger partial charge in [-0.2, -0.15) is 0 Å². The van der Waals surface area contributed by atoms with Gasteiger partial charge >= 0.3 is 0 Å². The number of hydrogen-bond acceptors (Lipinski definition) is 4. The number of carbonyl (C=O) groups is 1. The lowest BCUT2D eigenvalue weighted by Gasteiger charge is -2.21. The summed E-state index contributed by atoms with van der Waals surface area (Å²) < 4.78 is 24.1. The van der Waals surface area contributed by atoms with Crippen LogP contribution in [0.5, 0.6) is 0 Å². The first-order valence-corrected chi connectivity index (χ1v) is 7.98. The molecule has 0 bridgehead atoms. The highest BCUT2D eigenvalue weighted by atomic mass is 19.1. The lowest BCUT2D eigenvalue weighted by atomic mass is 10.1. The predicted molar refractivity (Wildman–Crippen MR) is 88.1 cm³/mol. The molecule has 24 heavy (non-hydrogen) atoms. The van der Waals surface area contributed by atoms with Crippen LogP contribution in [0.25, 0.3) is 0 Å². The summed E-state index contributed by atoms with van der Waals surface area (Å²) in [6, 6.07) is 8.06. The van der Waals surface area contributed by atoms with E-state index in [2.05, 4.69) is 19.0 Å². The number of aromatic nitrogens is 1. The zero-order valence-electron chi connectivity index (χ0n) is 14.3. The molecule has 1 heterocycles. The van der Waals surface area contributed by atoms with Gasteiger partial charge in [-0.05, 0) is 18.4 Å². The Morgan fingerprint density at radius 2 is 2.12 bits per heavy atom. The van der Waals surface area contributed by atoms with Crippen molar-refractivity contribution in [2.75, 3.05) is 20.3 Å². The van der Waals surface area contributed by atoms with Crippen molar-refractivity contribution < 1.29 is 18.4 Å². The molecule has 130 valence electrons. The van der Waals surface area contributed by atoms with Crippen molar-refractivity contribution in [3.63, 3.8) is 0 Å². The molecular formula is C18H23FN2O3. The Morgan fingerprint density at radius 3 is 2.79 bits per heavy atom. The van der Waals surface area contributed by atoms with Crippen molar-refractivity contribution in [1.82, 2.24) is 10.1 Å². The third-order valence-corrected chi connectivity index (χ3v) is 3.56. The lowest BCUT2D eigenvalue weighted by molar-refractivity contribution is 0.0638. The summed E-state index contributed by atoms with van der Waals surface area (Å²) in [5.74, 6) is -0.0808. The van der Waals surface area contributed by atoms with Crippen LogP contribution in [-0.4, -0.2) is 36.2 Å². The molecule has 0 aliphatic heterocycles. The second-order valence-corrected chi connectivity index (χ2v) is 6.09. The van der Waals surface area contributed by atoms with Gasteiger partial charge < -0.3 is 14.2 Å². The first kappa shape index (κ1) is 18.1. The van der Waals surface area contributed by atoms with Gasteiger partial charge in [0.25, 0.3) is 5.91 Å². The maximum atomic E-state index is 13.9. The molecule has 2 rings (SSSR count). The van der Waals surface area contributed by atoms with Crippen LogP contribution < -0.4 is 0 Å². The van der Waals surface area contributed by atoms with Crippen molar-refractivity contribution in [2.24, 2.45) is 5.92 Å². The second-order valence-electron chi connectivity index (χ2n) is 6.09. The predicted octanol–water partition coefficient (Wildman–Crippen LogP) is 3.30. The van der Waals surface area contributed by atoms with E-state index in [-0.39, 0.29) is 24.0 Å². The van der Waals surface area contributed by atoms with Crippen LogP contribution in [0.2, 0.25) is 0 Å². The standard InChI is InChI=1S/C18H23FN2O3/c1-13(2)10-15-11-17(24-20-15)18(22)21(8-9-23-3)12-14-6-4-5-7-16(14)19/h4-7,11,13H,8-10,12H2,1-3H3. The van der Waals surface area contributed by atoms with Crippen LogP contribution >= 0.6 is 0 Å². The highest BCUT2D eigenvalue weighted by Gasteiger charge is 2.22. The van der Waals surface area contributed by atoms with Crippen molar-refractivity contribution >= 4 is 5.91 Å². The van der Waals surface area contributed by atoms with Gasteiger partial charge in [-0.3, -0.25) is 4.79 Å². The number of rotatable bonds is 8. The highest BCUT2D eigenvalue weighted by Crippen LogP contribution is 2.15. The zero-order valence-corrected chi connectivity index (χ0v) is 14.3. The average Bonchev–Trinajstić information content (AvgIpc) is 3.00. The quantitative estimate of drug-likeness (QED) is 0.743. The van der Waals surface area contributed by atoms with Crippen molar-refractivity contribution in [2.45, 2.75) is 26.8 Å². The van der Waals surface area contributed by atoms with Crippen molar-refractivity contribution in [3.8, 4) is 0 Å². The fraction of sp³-hybridized carbons (Fsp3) is 0.444. The van der Waals surface area contributed by atoms with Gasteiger partial charge in [0, 0.05) is 31.8 Å². The SMILES string of the molecule is COCCN(Cc1ccccc1F)C(=O)c1cc(CC(C)C)no1. The normalized spacial score (nSPS) is 11.0. The molecule has 0 spiro atoms. The first-order valence-electron chi connectivity index (χ1n) is 7.98. The maximum Gasteiger partial charge on any atom is 0.292 e. The molecule has 0 fully saturated rings. The minimum atomic E-state index is -0.342. The molecule has 1 aromatic carbocycles. The molecule has 1 amide bonds. The Hall–Kier alpha value is -2.21. The van der Waals surface area contributed by atoms with Gasteiger partial charge in [0.2, 0.25) is 5.76 Å². The number of methoxy groups -OCH3 is 1. The van der Waals surface area contributed by atoms with Crippen molar-refractivity contribution in [3.05, 3.63) is 53.2 Å².